The lowest BCUT2D eigenvalue weighted by atomic mass is 9.96. The third-order valence-electron chi connectivity index (χ3n) is 5.82. The number of sulfonamides is 1. The zero-order valence-electron chi connectivity index (χ0n) is 17.7. The Balaban J connectivity index is 1.69. The number of anilines is 1. The fraction of sp³-hybridized carbons (Fsp3) is 0.304. The van der Waals surface area contributed by atoms with Crippen LogP contribution in [-0.2, 0) is 16.2 Å². The zero-order chi connectivity index (χ0) is 23.8. The maximum absolute atomic E-state index is 13.2. The van der Waals surface area contributed by atoms with Gasteiger partial charge in [0.25, 0.3) is 0 Å². The number of pyridine rings is 1. The van der Waals surface area contributed by atoms with E-state index in [0.717, 1.165) is 22.5 Å². The lowest BCUT2D eigenvalue weighted by Gasteiger charge is -2.31. The first-order valence-electron chi connectivity index (χ1n) is 10.3. The van der Waals surface area contributed by atoms with E-state index in [0.29, 0.717) is 37.1 Å². The fourth-order valence-corrected chi connectivity index (χ4v) is 4.97. The fourth-order valence-electron chi connectivity index (χ4n) is 4.10. The molecular formula is C23H21F3N4O2S. The molecule has 4 rings (SSSR count). The van der Waals surface area contributed by atoms with E-state index in [1.165, 1.54) is 22.7 Å². The number of fused-ring (bicyclic) bond motifs is 1. The first-order valence-corrected chi connectivity index (χ1v) is 12.1. The van der Waals surface area contributed by atoms with Crippen molar-refractivity contribution in [2.45, 2.75) is 25.1 Å². The summed E-state index contributed by atoms with van der Waals surface area (Å²) < 4.78 is 64.6. The number of halogens is 3. The topological polar surface area (TPSA) is 86.1 Å². The summed E-state index contributed by atoms with van der Waals surface area (Å²) >= 11 is 0. The molecule has 6 nitrogen and oxygen atoms in total. The number of hydrogen-bond donors (Lipinski definition) is 1. The van der Waals surface area contributed by atoms with Gasteiger partial charge < -0.3 is 5.32 Å². The van der Waals surface area contributed by atoms with Crippen LogP contribution in [0.3, 0.4) is 0 Å². The molecule has 0 amide bonds. The summed E-state index contributed by atoms with van der Waals surface area (Å²) in [5.74, 6) is 0. The van der Waals surface area contributed by atoms with E-state index in [1.807, 2.05) is 18.2 Å². The van der Waals surface area contributed by atoms with Crippen molar-refractivity contribution in [3.05, 3.63) is 59.9 Å². The maximum atomic E-state index is 13.2. The number of rotatable bonds is 4. The first kappa shape index (κ1) is 23.0. The summed E-state index contributed by atoms with van der Waals surface area (Å²) in [4.78, 5) is 4.18. The molecule has 33 heavy (non-hydrogen) atoms. The van der Waals surface area contributed by atoms with Gasteiger partial charge in [-0.05, 0) is 59.7 Å². The lowest BCUT2D eigenvalue weighted by Crippen LogP contribution is -2.41. The van der Waals surface area contributed by atoms with Crippen LogP contribution in [-0.4, -0.2) is 43.1 Å². The Morgan fingerprint density at radius 3 is 2.48 bits per heavy atom. The van der Waals surface area contributed by atoms with Crippen molar-refractivity contribution >= 4 is 26.5 Å². The molecule has 0 aliphatic carbocycles. The smallest absolute Gasteiger partial charge is 0.382 e. The molecule has 1 saturated heterocycles. The summed E-state index contributed by atoms with van der Waals surface area (Å²) in [6, 6.07) is 10.7. The molecule has 1 aliphatic heterocycles. The molecule has 0 spiro atoms. The van der Waals surface area contributed by atoms with E-state index >= 15 is 0 Å². The average molecular weight is 475 g/mol. The van der Waals surface area contributed by atoms with Crippen LogP contribution in [0.5, 0.6) is 0 Å². The Labute approximate surface area is 189 Å². The highest BCUT2D eigenvalue weighted by atomic mass is 32.2. The van der Waals surface area contributed by atoms with E-state index < -0.39 is 27.3 Å². The summed E-state index contributed by atoms with van der Waals surface area (Å²) in [6.07, 6.45) is 1.18. The number of nitriles is 1. The van der Waals surface area contributed by atoms with Gasteiger partial charge in [-0.15, -0.1) is 0 Å². The number of benzene rings is 2. The van der Waals surface area contributed by atoms with Crippen LogP contribution in [0, 0.1) is 11.3 Å². The number of nitrogens with one attached hydrogen (secondary N) is 1. The van der Waals surface area contributed by atoms with Gasteiger partial charge in [0.15, 0.2) is 0 Å². The normalized spacial score (nSPS) is 16.0. The van der Waals surface area contributed by atoms with Crippen LogP contribution < -0.4 is 5.32 Å². The summed E-state index contributed by atoms with van der Waals surface area (Å²) in [6.45, 7) is 0.827. The lowest BCUT2D eigenvalue weighted by molar-refractivity contribution is -0.137. The van der Waals surface area contributed by atoms with Gasteiger partial charge in [-0.25, -0.2) is 12.7 Å². The average Bonchev–Trinajstić information content (AvgIpc) is 2.77. The molecule has 2 aromatic carbocycles. The van der Waals surface area contributed by atoms with Gasteiger partial charge in [0.1, 0.15) is 0 Å². The van der Waals surface area contributed by atoms with Crippen LogP contribution in [0.4, 0.5) is 18.9 Å². The van der Waals surface area contributed by atoms with E-state index in [-0.39, 0.29) is 6.04 Å². The van der Waals surface area contributed by atoms with Crippen LogP contribution >= 0.6 is 0 Å². The Morgan fingerprint density at radius 2 is 1.85 bits per heavy atom. The SMILES string of the molecule is CS(=O)(=O)N1CCC(Nc2cc(-c3ccc(C(F)(F)F)c(C#N)c3)cc3ccncc23)CC1. The van der Waals surface area contributed by atoms with Crippen molar-refractivity contribution in [2.75, 3.05) is 24.7 Å². The van der Waals surface area contributed by atoms with Crippen LogP contribution in [0.25, 0.3) is 21.9 Å². The largest absolute Gasteiger partial charge is 0.417 e. The standard InChI is InChI=1S/C23H21F3N4O2S/c1-33(31,32)30-8-5-19(6-9-30)29-22-12-17(11-16-4-7-28-14-20(16)22)15-2-3-21(23(24,25)26)18(10-15)13-27/h2-4,7,10-12,14,19,29H,5-6,8-9H2,1H3. The van der Waals surface area contributed by atoms with Gasteiger partial charge in [0.05, 0.1) is 23.5 Å². The van der Waals surface area contributed by atoms with Gasteiger partial charge in [-0.2, -0.15) is 18.4 Å². The molecule has 0 atom stereocenters. The van der Waals surface area contributed by atoms with E-state index in [4.69, 9.17) is 0 Å². The molecule has 1 fully saturated rings. The summed E-state index contributed by atoms with van der Waals surface area (Å²) in [5, 5.41) is 14.4. The number of alkyl halides is 3. The zero-order valence-corrected chi connectivity index (χ0v) is 18.5. The Bertz CT molecular complexity index is 1340. The molecule has 1 aromatic heterocycles. The highest BCUT2D eigenvalue weighted by molar-refractivity contribution is 7.88. The molecule has 0 radical (unpaired) electrons. The molecule has 0 unspecified atom stereocenters. The van der Waals surface area contributed by atoms with Gasteiger partial charge in [0, 0.05) is 42.6 Å². The van der Waals surface area contributed by atoms with E-state index in [2.05, 4.69) is 10.3 Å². The maximum Gasteiger partial charge on any atom is 0.417 e. The molecule has 3 aromatic rings. The Kier molecular flexibility index (Phi) is 6.03. The molecule has 1 aliphatic rings. The van der Waals surface area contributed by atoms with Crippen LogP contribution in [0.15, 0.2) is 48.8 Å². The first-order chi connectivity index (χ1) is 15.6. The van der Waals surface area contributed by atoms with Crippen molar-refractivity contribution in [2.24, 2.45) is 0 Å². The molecule has 172 valence electrons. The van der Waals surface area contributed by atoms with Crippen molar-refractivity contribution in [1.29, 1.82) is 5.26 Å². The predicted octanol–water partition coefficient (Wildman–Crippen LogP) is 4.63. The van der Waals surface area contributed by atoms with Crippen molar-refractivity contribution in [3.63, 3.8) is 0 Å². The Hall–Kier alpha value is -3.16. The number of aromatic nitrogens is 1. The van der Waals surface area contributed by atoms with E-state index in [1.54, 1.807) is 18.5 Å². The number of hydrogen-bond acceptors (Lipinski definition) is 5. The second kappa shape index (κ2) is 8.65. The number of nitrogens with zero attached hydrogens (tertiary/aromatic N) is 3. The molecule has 10 heteroatoms. The second-order valence-corrected chi connectivity index (χ2v) is 10.1. The summed E-state index contributed by atoms with van der Waals surface area (Å²) in [5.41, 5.74) is 0.516. The summed E-state index contributed by atoms with van der Waals surface area (Å²) in [7, 11) is -3.23. The second-order valence-electron chi connectivity index (χ2n) is 8.07. The minimum atomic E-state index is -4.60. The minimum Gasteiger partial charge on any atom is -0.382 e. The van der Waals surface area contributed by atoms with Gasteiger partial charge in [-0.1, -0.05) is 6.07 Å². The number of piperidine rings is 1. The highest BCUT2D eigenvalue weighted by Crippen LogP contribution is 2.36. The molecule has 1 N–H and O–H groups in total. The Morgan fingerprint density at radius 1 is 1.12 bits per heavy atom. The third kappa shape index (κ3) is 4.94. The molecular weight excluding hydrogens is 453 g/mol. The van der Waals surface area contributed by atoms with Gasteiger partial charge in [0.2, 0.25) is 10.0 Å². The van der Waals surface area contributed by atoms with Gasteiger partial charge >= 0.3 is 6.18 Å². The van der Waals surface area contributed by atoms with Crippen molar-refractivity contribution in [3.8, 4) is 17.2 Å². The van der Waals surface area contributed by atoms with Gasteiger partial charge in [-0.3, -0.25) is 4.98 Å². The van der Waals surface area contributed by atoms with Crippen molar-refractivity contribution < 1.29 is 21.6 Å². The minimum absolute atomic E-state index is 0.0314. The third-order valence-corrected chi connectivity index (χ3v) is 7.12. The monoisotopic (exact) mass is 474 g/mol. The molecule has 0 saturated carbocycles. The van der Waals surface area contributed by atoms with Crippen LogP contribution in [0.2, 0.25) is 0 Å². The molecule has 2 heterocycles. The molecule has 0 bridgehead atoms. The highest BCUT2D eigenvalue weighted by Gasteiger charge is 2.33. The predicted molar refractivity (Wildman–Crippen MR) is 120 cm³/mol. The quantitative estimate of drug-likeness (QED) is 0.596. The van der Waals surface area contributed by atoms with Crippen molar-refractivity contribution in [1.82, 2.24) is 9.29 Å². The van der Waals surface area contributed by atoms with E-state index in [9.17, 15) is 26.9 Å². The van der Waals surface area contributed by atoms with Crippen LogP contribution in [0.1, 0.15) is 24.0 Å².